The molecule has 0 amide bonds. The van der Waals surface area contributed by atoms with E-state index in [0.29, 0.717) is 12.1 Å². The zero-order valence-corrected chi connectivity index (χ0v) is 9.95. The molecule has 1 unspecified atom stereocenters. The van der Waals surface area contributed by atoms with Gasteiger partial charge >= 0.3 is 0 Å². The first-order valence-corrected chi connectivity index (χ1v) is 6.65. The Balaban J connectivity index is 1.49. The van der Waals surface area contributed by atoms with E-state index in [0.717, 1.165) is 18.4 Å². The van der Waals surface area contributed by atoms with Crippen molar-refractivity contribution in [1.29, 1.82) is 0 Å². The molecular weight excluding hydrogens is 186 g/mol. The summed E-state index contributed by atoms with van der Waals surface area (Å²) in [4.78, 5) is 0. The smallest absolute Gasteiger partial charge is 0.0580 e. The fourth-order valence-corrected chi connectivity index (χ4v) is 2.64. The van der Waals surface area contributed by atoms with E-state index in [2.05, 4.69) is 6.92 Å². The van der Waals surface area contributed by atoms with Crippen molar-refractivity contribution in [3.8, 4) is 0 Å². The summed E-state index contributed by atoms with van der Waals surface area (Å²) in [6.45, 7) is 2.94. The van der Waals surface area contributed by atoms with Gasteiger partial charge in [0.1, 0.15) is 0 Å². The number of ether oxygens (including phenoxy) is 1. The molecule has 2 rings (SSSR count). The predicted molar refractivity (Wildman–Crippen MR) is 62.7 cm³/mol. The van der Waals surface area contributed by atoms with E-state index in [1.54, 1.807) is 0 Å². The van der Waals surface area contributed by atoms with Gasteiger partial charge in [-0.2, -0.15) is 0 Å². The van der Waals surface area contributed by atoms with Gasteiger partial charge in [0.05, 0.1) is 6.10 Å². The molecule has 2 saturated carbocycles. The molecule has 2 N–H and O–H groups in total. The fraction of sp³-hybridized carbons (Fsp3) is 1.00. The summed E-state index contributed by atoms with van der Waals surface area (Å²) in [5, 5.41) is 0. The Hall–Kier alpha value is -0.0800. The normalized spacial score (nSPS) is 32.4. The van der Waals surface area contributed by atoms with Crippen LogP contribution in [0.15, 0.2) is 0 Å². The summed E-state index contributed by atoms with van der Waals surface area (Å²) in [6.07, 6.45) is 9.84. The molecule has 0 aliphatic heterocycles. The molecule has 2 nitrogen and oxygen atoms in total. The first-order chi connectivity index (χ1) is 7.28. The quantitative estimate of drug-likeness (QED) is 0.702. The molecule has 2 aliphatic rings. The molecule has 0 saturated heterocycles. The Morgan fingerprint density at radius 1 is 1.27 bits per heavy atom. The van der Waals surface area contributed by atoms with E-state index in [-0.39, 0.29) is 0 Å². The molecular formula is C13H25NO. The minimum absolute atomic E-state index is 0.457. The zero-order valence-electron chi connectivity index (χ0n) is 9.95. The van der Waals surface area contributed by atoms with Gasteiger partial charge in [-0.05, 0) is 50.9 Å². The molecule has 2 heteroatoms. The van der Waals surface area contributed by atoms with E-state index in [4.69, 9.17) is 10.5 Å². The van der Waals surface area contributed by atoms with Gasteiger partial charge in [-0.1, -0.05) is 12.8 Å². The van der Waals surface area contributed by atoms with Crippen LogP contribution in [-0.2, 0) is 4.74 Å². The van der Waals surface area contributed by atoms with Crippen LogP contribution in [0.2, 0.25) is 0 Å². The van der Waals surface area contributed by atoms with Crippen molar-refractivity contribution in [3.63, 3.8) is 0 Å². The van der Waals surface area contributed by atoms with Gasteiger partial charge in [-0.15, -0.1) is 0 Å². The van der Waals surface area contributed by atoms with Gasteiger partial charge in [-0.3, -0.25) is 0 Å². The lowest BCUT2D eigenvalue weighted by Crippen LogP contribution is -2.35. The first-order valence-electron chi connectivity index (χ1n) is 6.65. The van der Waals surface area contributed by atoms with Crippen molar-refractivity contribution in [2.24, 2.45) is 17.6 Å². The summed E-state index contributed by atoms with van der Waals surface area (Å²) in [5.41, 5.74) is 6.14. The van der Waals surface area contributed by atoms with E-state index >= 15 is 0 Å². The van der Waals surface area contributed by atoms with Gasteiger partial charge in [0.2, 0.25) is 0 Å². The molecule has 0 aromatic carbocycles. The number of nitrogens with two attached hydrogens (primary N) is 1. The maximum Gasteiger partial charge on any atom is 0.0580 e. The van der Waals surface area contributed by atoms with Crippen LogP contribution < -0.4 is 5.73 Å². The second-order valence-corrected chi connectivity index (χ2v) is 5.43. The first kappa shape index (κ1) is 11.4. The van der Waals surface area contributed by atoms with Gasteiger partial charge in [0, 0.05) is 12.6 Å². The lowest BCUT2D eigenvalue weighted by atomic mass is 9.77. The van der Waals surface area contributed by atoms with Crippen molar-refractivity contribution in [2.45, 2.75) is 64.0 Å². The van der Waals surface area contributed by atoms with Crippen molar-refractivity contribution in [2.75, 3.05) is 6.61 Å². The zero-order chi connectivity index (χ0) is 10.7. The molecule has 0 aromatic rings. The van der Waals surface area contributed by atoms with Gasteiger partial charge in [0.15, 0.2) is 0 Å². The number of hydrogen-bond donors (Lipinski definition) is 1. The van der Waals surface area contributed by atoms with Crippen LogP contribution in [-0.4, -0.2) is 18.8 Å². The highest BCUT2D eigenvalue weighted by atomic mass is 16.5. The molecule has 2 fully saturated rings. The molecule has 0 heterocycles. The van der Waals surface area contributed by atoms with E-state index in [1.165, 1.54) is 44.9 Å². The van der Waals surface area contributed by atoms with E-state index in [9.17, 15) is 0 Å². The lowest BCUT2D eigenvalue weighted by Gasteiger charge is -2.36. The van der Waals surface area contributed by atoms with Crippen LogP contribution in [0.3, 0.4) is 0 Å². The molecule has 15 heavy (non-hydrogen) atoms. The van der Waals surface area contributed by atoms with E-state index < -0.39 is 0 Å². The highest BCUT2D eigenvalue weighted by Gasteiger charge is 2.31. The monoisotopic (exact) mass is 211 g/mol. The average molecular weight is 211 g/mol. The number of hydrogen-bond acceptors (Lipinski definition) is 2. The van der Waals surface area contributed by atoms with E-state index in [1.807, 2.05) is 0 Å². The standard InChI is InChI=1S/C13H25NO/c1-2-15-13-8-11(9-13)7-12(14)6-5-10-3-4-10/h10-13H,2-9,14H2,1H3. The Labute approximate surface area is 93.6 Å². The topological polar surface area (TPSA) is 35.2 Å². The largest absolute Gasteiger partial charge is 0.378 e. The minimum atomic E-state index is 0.457. The van der Waals surface area contributed by atoms with Gasteiger partial charge in [0.25, 0.3) is 0 Å². The molecule has 88 valence electrons. The summed E-state index contributed by atoms with van der Waals surface area (Å²) in [5.74, 6) is 1.89. The van der Waals surface area contributed by atoms with Crippen LogP contribution in [0.5, 0.6) is 0 Å². The summed E-state index contributed by atoms with van der Waals surface area (Å²) in [6, 6.07) is 0.457. The maximum atomic E-state index is 6.14. The van der Waals surface area contributed by atoms with Gasteiger partial charge in [-0.25, -0.2) is 0 Å². The predicted octanol–water partition coefficient (Wildman–Crippen LogP) is 2.71. The minimum Gasteiger partial charge on any atom is -0.378 e. The molecule has 2 aliphatic carbocycles. The molecule has 0 aromatic heterocycles. The molecule has 0 bridgehead atoms. The Kier molecular flexibility index (Phi) is 4.04. The van der Waals surface area contributed by atoms with Crippen LogP contribution in [0.4, 0.5) is 0 Å². The Morgan fingerprint density at radius 2 is 2.00 bits per heavy atom. The summed E-state index contributed by atoms with van der Waals surface area (Å²) < 4.78 is 5.56. The van der Waals surface area contributed by atoms with Gasteiger partial charge < -0.3 is 10.5 Å². The van der Waals surface area contributed by atoms with Crippen molar-refractivity contribution < 1.29 is 4.74 Å². The second-order valence-electron chi connectivity index (χ2n) is 5.43. The highest BCUT2D eigenvalue weighted by molar-refractivity contribution is 4.84. The summed E-state index contributed by atoms with van der Waals surface area (Å²) in [7, 11) is 0. The third kappa shape index (κ3) is 3.76. The SMILES string of the molecule is CCOC1CC(CC(N)CCC2CC2)C1. The molecule has 0 spiro atoms. The Morgan fingerprint density at radius 3 is 2.60 bits per heavy atom. The molecule has 1 atom stereocenters. The van der Waals surface area contributed by atoms with Crippen LogP contribution in [0.1, 0.15) is 51.9 Å². The third-order valence-corrected chi connectivity index (χ3v) is 3.87. The Bertz CT molecular complexity index is 185. The third-order valence-electron chi connectivity index (χ3n) is 3.87. The van der Waals surface area contributed by atoms with Crippen molar-refractivity contribution in [1.82, 2.24) is 0 Å². The van der Waals surface area contributed by atoms with Crippen molar-refractivity contribution in [3.05, 3.63) is 0 Å². The van der Waals surface area contributed by atoms with Crippen LogP contribution in [0, 0.1) is 11.8 Å². The number of rotatable bonds is 7. The fourth-order valence-electron chi connectivity index (χ4n) is 2.64. The van der Waals surface area contributed by atoms with Crippen molar-refractivity contribution >= 4 is 0 Å². The lowest BCUT2D eigenvalue weighted by molar-refractivity contribution is -0.0283. The average Bonchev–Trinajstić information content (AvgIpc) is 2.95. The second kappa shape index (κ2) is 5.31. The van der Waals surface area contributed by atoms with Crippen LogP contribution in [0.25, 0.3) is 0 Å². The summed E-state index contributed by atoms with van der Waals surface area (Å²) >= 11 is 0. The maximum absolute atomic E-state index is 6.14. The molecule has 0 radical (unpaired) electrons. The van der Waals surface area contributed by atoms with Crippen LogP contribution >= 0.6 is 0 Å². The highest BCUT2D eigenvalue weighted by Crippen LogP contribution is 2.36.